The highest BCUT2D eigenvalue weighted by atomic mass is 16.5. The number of carbonyl (C=O) groups is 1. The van der Waals surface area contributed by atoms with Gasteiger partial charge in [-0.25, -0.2) is 4.79 Å². The van der Waals surface area contributed by atoms with Crippen LogP contribution in [-0.2, 0) is 4.74 Å². The highest BCUT2D eigenvalue weighted by molar-refractivity contribution is 5.89. The van der Waals surface area contributed by atoms with Gasteiger partial charge < -0.3 is 10.1 Å². The van der Waals surface area contributed by atoms with Crippen LogP contribution in [0, 0.1) is 0 Å². The number of carbonyl (C=O) groups excluding carboxylic acids is 1. The third-order valence-corrected chi connectivity index (χ3v) is 8.71. The molecule has 0 saturated heterocycles. The molecule has 0 radical (unpaired) electrons. The van der Waals surface area contributed by atoms with Crippen LogP contribution in [0.4, 0.5) is 5.69 Å². The summed E-state index contributed by atoms with van der Waals surface area (Å²) in [6.45, 7) is 5.99. The zero-order valence-electron chi connectivity index (χ0n) is 28.3. The monoisotopic (exact) mass is 586 g/mol. The molecular formula is C39H71NO2. The van der Waals surface area contributed by atoms with Gasteiger partial charge in [-0.3, -0.25) is 0 Å². The Morgan fingerprint density at radius 2 is 0.810 bits per heavy atom. The molecule has 1 N–H and O–H groups in total. The zero-order chi connectivity index (χ0) is 30.2. The predicted octanol–water partition coefficient (Wildman–Crippen LogP) is 13.2. The highest BCUT2D eigenvalue weighted by Crippen LogP contribution is 2.16. The number of esters is 1. The minimum absolute atomic E-state index is 0.199. The summed E-state index contributed by atoms with van der Waals surface area (Å²) in [5.41, 5.74) is 1.71. The highest BCUT2D eigenvalue weighted by Gasteiger charge is 2.06. The molecule has 0 spiro atoms. The number of anilines is 1. The quantitative estimate of drug-likeness (QED) is 0.0675. The van der Waals surface area contributed by atoms with Crippen LogP contribution >= 0.6 is 0 Å². The van der Waals surface area contributed by atoms with E-state index in [1.165, 1.54) is 161 Å². The van der Waals surface area contributed by atoms with Crippen molar-refractivity contribution in [3.05, 3.63) is 29.8 Å². The molecule has 1 aromatic carbocycles. The van der Waals surface area contributed by atoms with Crippen LogP contribution in [0.15, 0.2) is 24.3 Å². The van der Waals surface area contributed by atoms with E-state index in [1.54, 1.807) is 0 Å². The van der Waals surface area contributed by atoms with Gasteiger partial charge in [0, 0.05) is 12.2 Å². The van der Waals surface area contributed by atoms with E-state index >= 15 is 0 Å². The lowest BCUT2D eigenvalue weighted by molar-refractivity contribution is 0.0497. The van der Waals surface area contributed by atoms with Crippen molar-refractivity contribution in [1.29, 1.82) is 0 Å². The lowest BCUT2D eigenvalue weighted by Crippen LogP contribution is -2.07. The standard InChI is InChI=1S/C39H71NO2/c1-3-5-7-8-9-10-11-12-13-14-15-16-17-18-19-20-21-22-23-24-25-26-27-28-29-30-36-42-39(41)37-31-33-38(34-32-37)40-35-6-4-2/h31-34,40H,3-30,35-36H2,1-2H3. The van der Waals surface area contributed by atoms with Gasteiger partial charge >= 0.3 is 5.97 Å². The summed E-state index contributed by atoms with van der Waals surface area (Å²) in [6, 6.07) is 7.65. The van der Waals surface area contributed by atoms with E-state index in [1.807, 2.05) is 24.3 Å². The molecule has 0 bridgehead atoms. The fourth-order valence-corrected chi connectivity index (χ4v) is 5.80. The number of hydrogen-bond donors (Lipinski definition) is 1. The molecule has 3 heteroatoms. The Morgan fingerprint density at radius 3 is 1.17 bits per heavy atom. The van der Waals surface area contributed by atoms with Crippen LogP contribution in [0.3, 0.4) is 0 Å². The summed E-state index contributed by atoms with van der Waals surface area (Å²) in [5.74, 6) is -0.199. The van der Waals surface area contributed by atoms with Crippen LogP contribution in [0.5, 0.6) is 0 Å². The molecule has 0 aliphatic heterocycles. The minimum Gasteiger partial charge on any atom is -0.462 e. The Kier molecular flexibility index (Phi) is 28.4. The fourth-order valence-electron chi connectivity index (χ4n) is 5.80. The van der Waals surface area contributed by atoms with Gasteiger partial charge in [0.1, 0.15) is 0 Å². The molecule has 0 atom stereocenters. The van der Waals surface area contributed by atoms with Crippen molar-refractivity contribution in [1.82, 2.24) is 0 Å². The smallest absolute Gasteiger partial charge is 0.338 e. The molecule has 0 amide bonds. The number of rotatable bonds is 32. The fraction of sp³-hybridized carbons (Fsp3) is 0.821. The van der Waals surface area contributed by atoms with E-state index in [4.69, 9.17) is 4.74 Å². The second-order valence-electron chi connectivity index (χ2n) is 12.8. The van der Waals surface area contributed by atoms with Gasteiger partial charge in [0.15, 0.2) is 0 Å². The molecule has 0 aliphatic carbocycles. The van der Waals surface area contributed by atoms with Crippen molar-refractivity contribution < 1.29 is 9.53 Å². The Morgan fingerprint density at radius 1 is 0.476 bits per heavy atom. The van der Waals surface area contributed by atoms with E-state index in [2.05, 4.69) is 19.2 Å². The van der Waals surface area contributed by atoms with Crippen molar-refractivity contribution >= 4 is 11.7 Å². The van der Waals surface area contributed by atoms with Gasteiger partial charge in [0.2, 0.25) is 0 Å². The molecule has 1 rings (SSSR count). The Bertz CT molecular complexity index is 686. The molecule has 244 valence electrons. The van der Waals surface area contributed by atoms with Crippen molar-refractivity contribution in [2.24, 2.45) is 0 Å². The lowest BCUT2D eigenvalue weighted by Gasteiger charge is -2.08. The Balaban J connectivity index is 1.74. The first kappa shape index (κ1) is 38.5. The third-order valence-electron chi connectivity index (χ3n) is 8.71. The molecule has 0 saturated carbocycles. The SMILES string of the molecule is CCCCCCCCCCCCCCCCCCCCCCCCCCCCOC(=O)c1ccc(NCCCC)cc1. The summed E-state index contributed by atoms with van der Waals surface area (Å²) in [4.78, 5) is 12.2. The normalized spacial score (nSPS) is 11.2. The van der Waals surface area contributed by atoms with Crippen LogP contribution in [0.25, 0.3) is 0 Å². The van der Waals surface area contributed by atoms with Crippen molar-refractivity contribution in [2.45, 2.75) is 194 Å². The number of unbranched alkanes of at least 4 members (excludes halogenated alkanes) is 26. The van der Waals surface area contributed by atoms with Crippen molar-refractivity contribution in [2.75, 3.05) is 18.5 Å². The van der Waals surface area contributed by atoms with Gasteiger partial charge in [0.05, 0.1) is 12.2 Å². The van der Waals surface area contributed by atoms with E-state index in [0.717, 1.165) is 31.5 Å². The molecule has 0 aromatic heterocycles. The first-order valence-corrected chi connectivity index (χ1v) is 18.8. The molecule has 0 fully saturated rings. The van der Waals surface area contributed by atoms with E-state index in [0.29, 0.717) is 12.2 Å². The predicted molar refractivity (Wildman–Crippen MR) is 186 cm³/mol. The van der Waals surface area contributed by atoms with Gasteiger partial charge in [-0.05, 0) is 37.1 Å². The maximum Gasteiger partial charge on any atom is 0.338 e. The summed E-state index contributed by atoms with van der Waals surface area (Å²) in [6.07, 6.45) is 38.8. The lowest BCUT2D eigenvalue weighted by atomic mass is 10.0. The average Bonchev–Trinajstić information content (AvgIpc) is 3.01. The molecule has 0 heterocycles. The Labute approximate surface area is 262 Å². The number of nitrogens with one attached hydrogen (secondary N) is 1. The Hall–Kier alpha value is -1.51. The van der Waals surface area contributed by atoms with Gasteiger partial charge in [-0.1, -0.05) is 181 Å². The molecule has 1 aromatic rings. The molecule has 3 nitrogen and oxygen atoms in total. The van der Waals surface area contributed by atoms with Crippen LogP contribution < -0.4 is 5.32 Å². The van der Waals surface area contributed by atoms with E-state index in [-0.39, 0.29) is 5.97 Å². The molecule has 0 unspecified atom stereocenters. The largest absolute Gasteiger partial charge is 0.462 e. The third kappa shape index (κ3) is 25.0. The zero-order valence-corrected chi connectivity index (χ0v) is 28.3. The average molecular weight is 586 g/mol. The number of benzene rings is 1. The van der Waals surface area contributed by atoms with Gasteiger partial charge in [-0.15, -0.1) is 0 Å². The van der Waals surface area contributed by atoms with E-state index < -0.39 is 0 Å². The molecular weight excluding hydrogens is 514 g/mol. The number of ether oxygens (including phenoxy) is 1. The van der Waals surface area contributed by atoms with Crippen molar-refractivity contribution in [3.8, 4) is 0 Å². The summed E-state index contributed by atoms with van der Waals surface area (Å²) in [5, 5.41) is 3.37. The minimum atomic E-state index is -0.199. The second kappa shape index (κ2) is 30.9. The van der Waals surface area contributed by atoms with Gasteiger partial charge in [-0.2, -0.15) is 0 Å². The van der Waals surface area contributed by atoms with Crippen LogP contribution in [0.1, 0.15) is 204 Å². The topological polar surface area (TPSA) is 38.3 Å². The number of hydrogen-bond acceptors (Lipinski definition) is 3. The van der Waals surface area contributed by atoms with E-state index in [9.17, 15) is 4.79 Å². The maximum atomic E-state index is 12.2. The second-order valence-corrected chi connectivity index (χ2v) is 12.8. The summed E-state index contributed by atoms with van der Waals surface area (Å²) < 4.78 is 5.46. The summed E-state index contributed by atoms with van der Waals surface area (Å²) >= 11 is 0. The van der Waals surface area contributed by atoms with Gasteiger partial charge in [0.25, 0.3) is 0 Å². The first-order chi connectivity index (χ1) is 20.8. The molecule has 0 aliphatic rings. The first-order valence-electron chi connectivity index (χ1n) is 18.8. The maximum absolute atomic E-state index is 12.2. The molecule has 42 heavy (non-hydrogen) atoms. The summed E-state index contributed by atoms with van der Waals surface area (Å²) in [7, 11) is 0. The van der Waals surface area contributed by atoms with Crippen molar-refractivity contribution in [3.63, 3.8) is 0 Å². The van der Waals surface area contributed by atoms with Crippen LogP contribution in [-0.4, -0.2) is 19.1 Å². The van der Waals surface area contributed by atoms with Crippen LogP contribution in [0.2, 0.25) is 0 Å².